The standard InChI is InChI=1S/C15H20F3N3O3/c1-11(21-6-8-23-9-7-21)19-10-14(22)20-12-2-4-13(5-3-12)24-15(16,17)18/h2-5,11,19H,6-10H2,1H3,(H,20,22). The minimum Gasteiger partial charge on any atom is -0.406 e. The number of hydrogen-bond donors (Lipinski definition) is 2. The molecule has 1 aromatic carbocycles. The number of anilines is 1. The average molecular weight is 347 g/mol. The number of carbonyl (C=O) groups excluding carboxylic acids is 1. The molecular formula is C15H20F3N3O3. The number of nitrogens with zero attached hydrogens (tertiary/aromatic N) is 1. The highest BCUT2D eigenvalue weighted by Crippen LogP contribution is 2.23. The van der Waals surface area contributed by atoms with Crippen LogP contribution in [0.25, 0.3) is 0 Å². The zero-order chi connectivity index (χ0) is 17.6. The summed E-state index contributed by atoms with van der Waals surface area (Å²) in [6.45, 7) is 5.00. The lowest BCUT2D eigenvalue weighted by Crippen LogP contribution is -2.50. The van der Waals surface area contributed by atoms with Gasteiger partial charge in [-0.05, 0) is 31.2 Å². The zero-order valence-electron chi connectivity index (χ0n) is 13.2. The fourth-order valence-electron chi connectivity index (χ4n) is 2.28. The molecule has 0 saturated carbocycles. The molecule has 1 atom stereocenters. The van der Waals surface area contributed by atoms with Gasteiger partial charge in [-0.25, -0.2) is 0 Å². The lowest BCUT2D eigenvalue weighted by atomic mass is 10.3. The SMILES string of the molecule is CC(NCC(=O)Nc1ccc(OC(F)(F)F)cc1)N1CCOCC1. The lowest BCUT2D eigenvalue weighted by molar-refractivity contribution is -0.274. The van der Waals surface area contributed by atoms with Crippen LogP contribution >= 0.6 is 0 Å². The molecule has 24 heavy (non-hydrogen) atoms. The molecular weight excluding hydrogens is 327 g/mol. The molecule has 2 N–H and O–H groups in total. The van der Waals surface area contributed by atoms with Crippen molar-refractivity contribution in [3.05, 3.63) is 24.3 Å². The van der Waals surface area contributed by atoms with Gasteiger partial charge in [0.25, 0.3) is 0 Å². The van der Waals surface area contributed by atoms with E-state index in [4.69, 9.17) is 4.74 Å². The molecule has 1 fully saturated rings. The molecule has 1 saturated heterocycles. The van der Waals surface area contributed by atoms with Crippen LogP contribution in [0.2, 0.25) is 0 Å². The molecule has 0 bridgehead atoms. The van der Waals surface area contributed by atoms with Crippen molar-refractivity contribution in [2.75, 3.05) is 38.2 Å². The van der Waals surface area contributed by atoms with Crippen LogP contribution in [0.1, 0.15) is 6.92 Å². The van der Waals surface area contributed by atoms with E-state index in [9.17, 15) is 18.0 Å². The monoisotopic (exact) mass is 347 g/mol. The number of amides is 1. The molecule has 1 aromatic rings. The van der Waals surface area contributed by atoms with Gasteiger partial charge in [-0.3, -0.25) is 15.0 Å². The summed E-state index contributed by atoms with van der Waals surface area (Å²) in [6.07, 6.45) is -4.70. The van der Waals surface area contributed by atoms with E-state index in [1.807, 2.05) is 6.92 Å². The van der Waals surface area contributed by atoms with Crippen LogP contribution in [-0.2, 0) is 9.53 Å². The van der Waals surface area contributed by atoms with E-state index in [2.05, 4.69) is 20.3 Å². The van der Waals surface area contributed by atoms with E-state index in [1.165, 1.54) is 12.1 Å². The van der Waals surface area contributed by atoms with E-state index in [-0.39, 0.29) is 24.4 Å². The minimum atomic E-state index is -4.73. The molecule has 1 amide bonds. The molecule has 1 unspecified atom stereocenters. The quantitative estimate of drug-likeness (QED) is 0.822. The van der Waals surface area contributed by atoms with Crippen LogP contribution in [0.5, 0.6) is 5.75 Å². The van der Waals surface area contributed by atoms with Gasteiger partial charge in [0, 0.05) is 18.8 Å². The lowest BCUT2D eigenvalue weighted by Gasteiger charge is -2.32. The number of alkyl halides is 3. The summed E-state index contributed by atoms with van der Waals surface area (Å²) in [4.78, 5) is 14.1. The van der Waals surface area contributed by atoms with Crippen LogP contribution in [-0.4, -0.2) is 56.2 Å². The first-order valence-corrected chi connectivity index (χ1v) is 7.54. The van der Waals surface area contributed by atoms with E-state index in [0.717, 1.165) is 25.2 Å². The van der Waals surface area contributed by atoms with Gasteiger partial charge in [0.1, 0.15) is 5.75 Å². The Bertz CT molecular complexity index is 531. The summed E-state index contributed by atoms with van der Waals surface area (Å²) in [5, 5.41) is 5.71. The van der Waals surface area contributed by atoms with Crippen molar-refractivity contribution in [2.24, 2.45) is 0 Å². The first-order chi connectivity index (χ1) is 11.3. The number of nitrogens with one attached hydrogen (secondary N) is 2. The van der Waals surface area contributed by atoms with Crippen LogP contribution < -0.4 is 15.4 Å². The van der Waals surface area contributed by atoms with Crippen molar-refractivity contribution in [1.82, 2.24) is 10.2 Å². The topological polar surface area (TPSA) is 62.8 Å². The number of halogens is 3. The maximum Gasteiger partial charge on any atom is 0.573 e. The molecule has 0 spiro atoms. The summed E-state index contributed by atoms with van der Waals surface area (Å²) < 4.78 is 45.2. The maximum atomic E-state index is 12.1. The zero-order valence-corrected chi connectivity index (χ0v) is 13.2. The predicted octanol–water partition coefficient (Wildman–Crippen LogP) is 1.79. The fraction of sp³-hybridized carbons (Fsp3) is 0.533. The van der Waals surface area contributed by atoms with Crippen LogP contribution in [0, 0.1) is 0 Å². The number of rotatable bonds is 6. The third kappa shape index (κ3) is 6.34. The Kier molecular flexibility index (Phi) is 6.41. The number of hydrogen-bond acceptors (Lipinski definition) is 5. The Hall–Kier alpha value is -1.84. The predicted molar refractivity (Wildman–Crippen MR) is 81.6 cm³/mol. The molecule has 2 rings (SSSR count). The molecule has 134 valence electrons. The molecule has 0 radical (unpaired) electrons. The maximum absolute atomic E-state index is 12.1. The summed E-state index contributed by atoms with van der Waals surface area (Å²) in [7, 11) is 0. The first kappa shape index (κ1) is 18.5. The molecule has 1 aliphatic heterocycles. The largest absolute Gasteiger partial charge is 0.573 e. The number of carbonyl (C=O) groups is 1. The second-order valence-corrected chi connectivity index (χ2v) is 5.33. The summed E-state index contributed by atoms with van der Waals surface area (Å²) >= 11 is 0. The van der Waals surface area contributed by atoms with Crippen molar-refractivity contribution in [2.45, 2.75) is 19.5 Å². The van der Waals surface area contributed by atoms with Gasteiger partial charge in [0.15, 0.2) is 0 Å². The highest BCUT2D eigenvalue weighted by atomic mass is 19.4. The van der Waals surface area contributed by atoms with Gasteiger partial charge in [-0.2, -0.15) is 0 Å². The van der Waals surface area contributed by atoms with Gasteiger partial charge in [-0.15, -0.1) is 13.2 Å². The minimum absolute atomic E-state index is 0.0298. The summed E-state index contributed by atoms with van der Waals surface area (Å²) in [5.41, 5.74) is 0.398. The third-order valence-corrected chi connectivity index (χ3v) is 3.52. The van der Waals surface area contributed by atoms with Gasteiger partial charge in [-0.1, -0.05) is 0 Å². The number of ether oxygens (including phenoxy) is 2. The van der Waals surface area contributed by atoms with Crippen LogP contribution in [0.4, 0.5) is 18.9 Å². The van der Waals surface area contributed by atoms with Gasteiger partial charge in [0.05, 0.1) is 25.9 Å². The molecule has 1 aliphatic rings. The van der Waals surface area contributed by atoms with Crippen LogP contribution in [0.15, 0.2) is 24.3 Å². The second kappa shape index (κ2) is 8.32. The Morgan fingerprint density at radius 2 is 1.92 bits per heavy atom. The molecule has 6 nitrogen and oxygen atoms in total. The van der Waals surface area contributed by atoms with Crippen molar-refractivity contribution in [1.29, 1.82) is 0 Å². The van der Waals surface area contributed by atoms with E-state index < -0.39 is 6.36 Å². The van der Waals surface area contributed by atoms with E-state index in [1.54, 1.807) is 0 Å². The summed E-state index contributed by atoms with van der Waals surface area (Å²) in [6, 6.07) is 4.99. The first-order valence-electron chi connectivity index (χ1n) is 7.54. The van der Waals surface area contributed by atoms with Crippen molar-refractivity contribution in [3.8, 4) is 5.75 Å². The van der Waals surface area contributed by atoms with Gasteiger partial charge < -0.3 is 14.8 Å². The van der Waals surface area contributed by atoms with E-state index in [0.29, 0.717) is 18.9 Å². The van der Waals surface area contributed by atoms with Gasteiger partial charge in [0.2, 0.25) is 5.91 Å². The highest BCUT2D eigenvalue weighted by Gasteiger charge is 2.30. The van der Waals surface area contributed by atoms with Gasteiger partial charge >= 0.3 is 6.36 Å². The molecule has 0 aromatic heterocycles. The Balaban J connectivity index is 1.75. The van der Waals surface area contributed by atoms with Crippen molar-refractivity contribution >= 4 is 11.6 Å². The second-order valence-electron chi connectivity index (χ2n) is 5.33. The highest BCUT2D eigenvalue weighted by molar-refractivity contribution is 5.92. The van der Waals surface area contributed by atoms with Crippen molar-refractivity contribution in [3.63, 3.8) is 0 Å². The van der Waals surface area contributed by atoms with E-state index >= 15 is 0 Å². The van der Waals surface area contributed by atoms with Crippen LogP contribution in [0.3, 0.4) is 0 Å². The third-order valence-electron chi connectivity index (χ3n) is 3.52. The Labute approximate surface area is 137 Å². The normalized spacial score (nSPS) is 17.3. The molecule has 9 heteroatoms. The average Bonchev–Trinajstić information content (AvgIpc) is 2.54. The Morgan fingerprint density at radius 3 is 2.50 bits per heavy atom. The fourth-order valence-corrected chi connectivity index (χ4v) is 2.28. The Morgan fingerprint density at radius 1 is 1.29 bits per heavy atom. The molecule has 0 aliphatic carbocycles. The number of morpholine rings is 1. The van der Waals surface area contributed by atoms with Crippen molar-refractivity contribution < 1.29 is 27.4 Å². The molecule has 1 heterocycles. The summed E-state index contributed by atoms with van der Waals surface area (Å²) in [5.74, 6) is -0.612. The number of benzene rings is 1. The smallest absolute Gasteiger partial charge is 0.406 e.